The molecule has 1 amide bonds. The summed E-state index contributed by atoms with van der Waals surface area (Å²) in [6.45, 7) is 6.34. The van der Waals surface area contributed by atoms with Crippen molar-refractivity contribution in [1.29, 1.82) is 0 Å². The Morgan fingerprint density at radius 2 is 1.57 bits per heavy atom. The van der Waals surface area contributed by atoms with E-state index in [0.717, 1.165) is 34.3 Å². The monoisotopic (exact) mass is 405 g/mol. The van der Waals surface area contributed by atoms with Gasteiger partial charge in [0.05, 0.1) is 13.2 Å². The average Bonchev–Trinajstić information content (AvgIpc) is 2.77. The molecule has 5 nitrogen and oxygen atoms in total. The summed E-state index contributed by atoms with van der Waals surface area (Å²) in [5, 5.41) is 2.25. The summed E-state index contributed by atoms with van der Waals surface area (Å²) >= 11 is 0. The lowest BCUT2D eigenvalue weighted by molar-refractivity contribution is -0.134. The fourth-order valence-electron chi connectivity index (χ4n) is 3.81. The molecule has 0 saturated carbocycles. The summed E-state index contributed by atoms with van der Waals surface area (Å²) in [5.41, 5.74) is 2.31. The number of carbonyl (C=O) groups excluding carboxylic acids is 1. The highest BCUT2D eigenvalue weighted by atomic mass is 16.5. The maximum absolute atomic E-state index is 12.8. The van der Waals surface area contributed by atoms with Crippen LogP contribution in [0.3, 0.4) is 0 Å². The highest BCUT2D eigenvalue weighted by Crippen LogP contribution is 2.34. The van der Waals surface area contributed by atoms with Gasteiger partial charge in [0.15, 0.2) is 18.1 Å². The highest BCUT2D eigenvalue weighted by Gasteiger charge is 2.23. The molecule has 0 radical (unpaired) electrons. The van der Waals surface area contributed by atoms with Gasteiger partial charge in [0.2, 0.25) is 0 Å². The molecular weight excluding hydrogens is 378 g/mol. The van der Waals surface area contributed by atoms with E-state index in [0.29, 0.717) is 32.1 Å². The van der Waals surface area contributed by atoms with E-state index < -0.39 is 0 Å². The second-order valence-electron chi connectivity index (χ2n) is 7.30. The van der Waals surface area contributed by atoms with E-state index in [1.807, 2.05) is 61.2 Å². The van der Waals surface area contributed by atoms with Crippen LogP contribution in [0, 0.1) is 0 Å². The van der Waals surface area contributed by atoms with Gasteiger partial charge in [0.1, 0.15) is 5.75 Å². The predicted molar refractivity (Wildman–Crippen MR) is 117 cm³/mol. The quantitative estimate of drug-likeness (QED) is 0.576. The van der Waals surface area contributed by atoms with Crippen LogP contribution in [-0.4, -0.2) is 37.2 Å². The molecule has 0 atom stereocenters. The minimum atomic E-state index is -0.0133. The van der Waals surface area contributed by atoms with E-state index in [9.17, 15) is 4.79 Å². The van der Waals surface area contributed by atoms with Crippen molar-refractivity contribution < 1.29 is 19.0 Å². The largest absolute Gasteiger partial charge is 0.490 e. The van der Waals surface area contributed by atoms with Gasteiger partial charge in [0, 0.05) is 13.1 Å². The summed E-state index contributed by atoms with van der Waals surface area (Å²) in [7, 11) is 0. The van der Waals surface area contributed by atoms with Crippen LogP contribution in [0.4, 0.5) is 0 Å². The summed E-state index contributed by atoms with van der Waals surface area (Å²) < 4.78 is 17.3. The standard InChI is InChI=1S/C25H27NO4/c1-3-28-23-14-20-11-12-26(16-21(20)15-24(23)29-4-2)25(27)17-30-22-10-9-18-7-5-6-8-19(18)13-22/h5-10,13-15H,3-4,11-12,16-17H2,1-2H3. The van der Waals surface area contributed by atoms with Gasteiger partial charge in [-0.05, 0) is 66.4 Å². The zero-order valence-electron chi connectivity index (χ0n) is 17.5. The van der Waals surface area contributed by atoms with Crippen LogP contribution in [0.5, 0.6) is 17.2 Å². The number of hydrogen-bond acceptors (Lipinski definition) is 4. The van der Waals surface area contributed by atoms with Crippen molar-refractivity contribution in [2.24, 2.45) is 0 Å². The van der Waals surface area contributed by atoms with Crippen LogP contribution < -0.4 is 14.2 Å². The topological polar surface area (TPSA) is 48.0 Å². The fourth-order valence-corrected chi connectivity index (χ4v) is 3.81. The number of benzene rings is 3. The molecule has 0 fully saturated rings. The van der Waals surface area contributed by atoms with E-state index in [1.165, 1.54) is 5.56 Å². The van der Waals surface area contributed by atoms with Gasteiger partial charge < -0.3 is 19.1 Å². The predicted octanol–water partition coefficient (Wildman–Crippen LogP) is 4.60. The molecule has 1 heterocycles. The Morgan fingerprint density at radius 3 is 2.30 bits per heavy atom. The Morgan fingerprint density at radius 1 is 0.867 bits per heavy atom. The molecule has 156 valence electrons. The Balaban J connectivity index is 1.42. The average molecular weight is 405 g/mol. The smallest absolute Gasteiger partial charge is 0.260 e. The molecule has 3 aromatic carbocycles. The van der Waals surface area contributed by atoms with Gasteiger partial charge in [-0.15, -0.1) is 0 Å². The minimum absolute atomic E-state index is 0.0133. The molecule has 0 saturated heterocycles. The summed E-state index contributed by atoms with van der Waals surface area (Å²) in [6.07, 6.45) is 0.795. The Kier molecular flexibility index (Phi) is 6.07. The number of ether oxygens (including phenoxy) is 3. The zero-order valence-corrected chi connectivity index (χ0v) is 17.5. The Hall–Kier alpha value is -3.21. The molecule has 30 heavy (non-hydrogen) atoms. The SMILES string of the molecule is CCOc1cc2c(cc1OCC)CN(C(=O)COc1ccc3ccccc3c1)CC2. The summed E-state index contributed by atoms with van der Waals surface area (Å²) in [4.78, 5) is 14.6. The molecule has 1 aliphatic rings. The van der Waals surface area contributed by atoms with Crippen molar-refractivity contribution in [2.45, 2.75) is 26.8 Å². The molecule has 5 heteroatoms. The van der Waals surface area contributed by atoms with Gasteiger partial charge in [-0.1, -0.05) is 30.3 Å². The van der Waals surface area contributed by atoms with E-state index in [1.54, 1.807) is 0 Å². The lowest BCUT2D eigenvalue weighted by Gasteiger charge is -2.29. The first-order valence-electron chi connectivity index (χ1n) is 10.5. The molecule has 0 unspecified atom stereocenters. The van der Waals surface area contributed by atoms with Gasteiger partial charge in [-0.25, -0.2) is 0 Å². The number of hydrogen-bond donors (Lipinski definition) is 0. The van der Waals surface area contributed by atoms with Crippen LogP contribution in [0.1, 0.15) is 25.0 Å². The number of rotatable bonds is 7. The Bertz CT molecular complexity index is 1050. The van der Waals surface area contributed by atoms with Crippen LogP contribution in [0.15, 0.2) is 54.6 Å². The van der Waals surface area contributed by atoms with Crippen LogP contribution >= 0.6 is 0 Å². The second kappa shape index (κ2) is 9.08. The van der Waals surface area contributed by atoms with E-state index in [-0.39, 0.29) is 12.5 Å². The second-order valence-corrected chi connectivity index (χ2v) is 7.30. The van der Waals surface area contributed by atoms with Crippen molar-refractivity contribution in [2.75, 3.05) is 26.4 Å². The van der Waals surface area contributed by atoms with Crippen molar-refractivity contribution in [3.63, 3.8) is 0 Å². The first-order valence-corrected chi connectivity index (χ1v) is 10.5. The summed E-state index contributed by atoms with van der Waals surface area (Å²) in [6, 6.07) is 18.1. The molecular formula is C25H27NO4. The van der Waals surface area contributed by atoms with Gasteiger partial charge >= 0.3 is 0 Å². The molecule has 0 aliphatic carbocycles. The molecule has 1 aliphatic heterocycles. The maximum Gasteiger partial charge on any atom is 0.260 e. The van der Waals surface area contributed by atoms with Crippen molar-refractivity contribution >= 4 is 16.7 Å². The fraction of sp³-hybridized carbons (Fsp3) is 0.320. The van der Waals surface area contributed by atoms with Crippen LogP contribution in [-0.2, 0) is 17.8 Å². The normalized spacial score (nSPS) is 13.1. The van der Waals surface area contributed by atoms with Crippen molar-refractivity contribution in [1.82, 2.24) is 4.90 Å². The lowest BCUT2D eigenvalue weighted by atomic mass is 9.98. The number of amides is 1. The molecule has 3 aromatic rings. The van der Waals surface area contributed by atoms with E-state index in [4.69, 9.17) is 14.2 Å². The third-order valence-electron chi connectivity index (χ3n) is 5.31. The molecule has 0 spiro atoms. The van der Waals surface area contributed by atoms with Gasteiger partial charge in [-0.2, -0.15) is 0 Å². The number of carbonyl (C=O) groups is 1. The first-order chi connectivity index (χ1) is 14.7. The highest BCUT2D eigenvalue weighted by molar-refractivity contribution is 5.84. The Labute approximate surface area is 177 Å². The summed E-state index contributed by atoms with van der Waals surface area (Å²) in [5.74, 6) is 2.21. The maximum atomic E-state index is 12.8. The molecule has 0 aromatic heterocycles. The van der Waals surface area contributed by atoms with Gasteiger partial charge in [0.25, 0.3) is 5.91 Å². The van der Waals surface area contributed by atoms with Gasteiger partial charge in [-0.3, -0.25) is 4.79 Å². The van der Waals surface area contributed by atoms with E-state index >= 15 is 0 Å². The first kappa shape index (κ1) is 20.1. The van der Waals surface area contributed by atoms with Crippen LogP contribution in [0.2, 0.25) is 0 Å². The third kappa shape index (κ3) is 4.35. The number of nitrogens with zero attached hydrogens (tertiary/aromatic N) is 1. The molecule has 0 bridgehead atoms. The van der Waals surface area contributed by atoms with Crippen LogP contribution in [0.25, 0.3) is 10.8 Å². The minimum Gasteiger partial charge on any atom is -0.490 e. The molecule has 0 N–H and O–H groups in total. The molecule has 4 rings (SSSR count). The third-order valence-corrected chi connectivity index (χ3v) is 5.31. The number of fused-ring (bicyclic) bond motifs is 2. The lowest BCUT2D eigenvalue weighted by Crippen LogP contribution is -2.38. The van der Waals surface area contributed by atoms with Crippen molar-refractivity contribution in [3.8, 4) is 17.2 Å². The zero-order chi connectivity index (χ0) is 20.9. The van der Waals surface area contributed by atoms with Crippen molar-refractivity contribution in [3.05, 3.63) is 65.7 Å². The van der Waals surface area contributed by atoms with E-state index in [2.05, 4.69) is 12.1 Å².